The fourth-order valence-electron chi connectivity index (χ4n) is 1.81. The highest BCUT2D eigenvalue weighted by molar-refractivity contribution is 7.99. The Labute approximate surface area is 115 Å². The Morgan fingerprint density at radius 3 is 3.11 bits per heavy atom. The van der Waals surface area contributed by atoms with Crippen LogP contribution in [-0.4, -0.2) is 59.4 Å². The molecule has 0 amide bonds. The van der Waals surface area contributed by atoms with Crippen LogP contribution < -0.4 is 0 Å². The smallest absolute Gasteiger partial charge is 0.325 e. The molecule has 1 aromatic heterocycles. The minimum Gasteiger partial charge on any atom is -0.465 e. The largest absolute Gasteiger partial charge is 0.465 e. The van der Waals surface area contributed by atoms with Crippen LogP contribution in [0.5, 0.6) is 0 Å². The summed E-state index contributed by atoms with van der Waals surface area (Å²) in [6.45, 7) is 2.22. The topological polar surface area (TPSA) is 92.4 Å². The van der Waals surface area contributed by atoms with E-state index in [4.69, 9.17) is 4.74 Å². The van der Waals surface area contributed by atoms with E-state index >= 15 is 0 Å². The number of H-pyrrole nitrogens is 1. The number of nitrogens with zero attached hydrogens (tertiary/aromatic N) is 2. The quantitative estimate of drug-likeness (QED) is 0.792. The lowest BCUT2D eigenvalue weighted by molar-refractivity contribution is -0.146. The predicted molar refractivity (Wildman–Crippen MR) is 70.2 cm³/mol. The Kier molecular flexibility index (Phi) is 4.48. The van der Waals surface area contributed by atoms with E-state index in [0.717, 1.165) is 0 Å². The van der Waals surface area contributed by atoms with Gasteiger partial charge in [-0.1, -0.05) is 0 Å². The molecule has 19 heavy (non-hydrogen) atoms. The van der Waals surface area contributed by atoms with Crippen LogP contribution in [0.1, 0.15) is 6.92 Å². The summed E-state index contributed by atoms with van der Waals surface area (Å²) in [7, 11) is -3.73. The summed E-state index contributed by atoms with van der Waals surface area (Å²) in [5.41, 5.74) is 0. The molecule has 9 heteroatoms. The normalized spacial score (nSPS) is 21.2. The Morgan fingerprint density at radius 2 is 2.47 bits per heavy atom. The van der Waals surface area contributed by atoms with Crippen molar-refractivity contribution in [3.63, 3.8) is 0 Å². The highest BCUT2D eigenvalue weighted by Gasteiger charge is 2.39. The number of aromatic amines is 1. The molecule has 1 aromatic rings. The van der Waals surface area contributed by atoms with E-state index in [1.54, 1.807) is 18.7 Å². The molecule has 2 rings (SSSR count). The summed E-state index contributed by atoms with van der Waals surface area (Å²) in [6, 6.07) is -0.771. The SMILES string of the molecule is CCOC(=O)C1CSCCN1S(=O)(=O)c1cnc[nH]1. The molecule has 1 unspecified atom stereocenters. The average molecular weight is 305 g/mol. The van der Waals surface area contributed by atoms with Gasteiger partial charge < -0.3 is 9.72 Å². The maximum absolute atomic E-state index is 12.4. The second-order valence-electron chi connectivity index (χ2n) is 3.87. The zero-order valence-corrected chi connectivity index (χ0v) is 12.0. The molecule has 0 saturated carbocycles. The Morgan fingerprint density at radius 1 is 1.68 bits per heavy atom. The molecule has 0 bridgehead atoms. The minimum atomic E-state index is -3.73. The van der Waals surface area contributed by atoms with Gasteiger partial charge >= 0.3 is 5.97 Å². The van der Waals surface area contributed by atoms with Crippen LogP contribution in [0.3, 0.4) is 0 Å². The van der Waals surface area contributed by atoms with E-state index in [-0.39, 0.29) is 18.2 Å². The number of rotatable bonds is 4. The van der Waals surface area contributed by atoms with Gasteiger partial charge in [0.1, 0.15) is 6.04 Å². The number of hydrogen-bond acceptors (Lipinski definition) is 6. The van der Waals surface area contributed by atoms with Gasteiger partial charge in [0.25, 0.3) is 10.0 Å². The molecule has 1 N–H and O–H groups in total. The molecule has 1 atom stereocenters. The van der Waals surface area contributed by atoms with Crippen LogP contribution >= 0.6 is 11.8 Å². The summed E-state index contributed by atoms with van der Waals surface area (Å²) in [4.78, 5) is 18.1. The van der Waals surface area contributed by atoms with Gasteiger partial charge in [-0.15, -0.1) is 0 Å². The van der Waals surface area contributed by atoms with Crippen LogP contribution in [0.2, 0.25) is 0 Å². The molecule has 1 fully saturated rings. The third-order valence-electron chi connectivity index (χ3n) is 2.70. The second-order valence-corrected chi connectivity index (χ2v) is 6.88. The van der Waals surface area contributed by atoms with E-state index in [2.05, 4.69) is 9.97 Å². The standard InChI is InChI=1S/C10H15N3O4S2/c1-2-17-10(14)8-6-18-4-3-13(8)19(15,16)9-5-11-7-12-9/h5,7-8H,2-4,6H2,1H3,(H,11,12). The number of nitrogens with one attached hydrogen (secondary N) is 1. The van der Waals surface area contributed by atoms with Crippen molar-refractivity contribution in [1.82, 2.24) is 14.3 Å². The van der Waals surface area contributed by atoms with Crippen LogP contribution in [0, 0.1) is 0 Å². The molecule has 1 aliphatic heterocycles. The first-order valence-corrected chi connectivity index (χ1v) is 8.41. The van der Waals surface area contributed by atoms with Gasteiger partial charge in [-0.25, -0.2) is 13.4 Å². The zero-order chi connectivity index (χ0) is 13.9. The van der Waals surface area contributed by atoms with Gasteiger partial charge in [0.05, 0.1) is 19.1 Å². The number of carbonyl (C=O) groups excluding carboxylic acids is 1. The van der Waals surface area contributed by atoms with Crippen molar-refractivity contribution >= 4 is 27.8 Å². The zero-order valence-electron chi connectivity index (χ0n) is 10.4. The van der Waals surface area contributed by atoms with Crippen molar-refractivity contribution in [2.24, 2.45) is 0 Å². The number of carbonyl (C=O) groups is 1. The molecule has 0 aliphatic carbocycles. The maximum Gasteiger partial charge on any atom is 0.325 e. The molecule has 0 spiro atoms. The van der Waals surface area contributed by atoms with Gasteiger partial charge in [0.15, 0.2) is 5.03 Å². The van der Waals surface area contributed by atoms with Crippen LogP contribution in [0.4, 0.5) is 0 Å². The number of thioether (sulfide) groups is 1. The number of hydrogen-bond donors (Lipinski definition) is 1. The first-order chi connectivity index (χ1) is 9.07. The molecule has 106 valence electrons. The molecule has 1 saturated heterocycles. The van der Waals surface area contributed by atoms with E-state index in [0.29, 0.717) is 11.5 Å². The van der Waals surface area contributed by atoms with Crippen molar-refractivity contribution < 1.29 is 17.9 Å². The molecule has 1 aliphatic rings. The third-order valence-corrected chi connectivity index (χ3v) is 5.55. The summed E-state index contributed by atoms with van der Waals surface area (Å²) in [6.07, 6.45) is 2.53. The van der Waals surface area contributed by atoms with Crippen LogP contribution in [0.25, 0.3) is 0 Å². The van der Waals surface area contributed by atoms with Crippen LogP contribution in [-0.2, 0) is 19.6 Å². The molecular weight excluding hydrogens is 290 g/mol. The van der Waals surface area contributed by atoms with E-state index < -0.39 is 22.0 Å². The Bertz CT molecular complexity index is 529. The average Bonchev–Trinajstić information content (AvgIpc) is 2.93. The first kappa shape index (κ1) is 14.4. The molecule has 7 nitrogen and oxygen atoms in total. The lowest BCUT2D eigenvalue weighted by Gasteiger charge is -2.31. The number of esters is 1. The van der Waals surface area contributed by atoms with Crippen molar-refractivity contribution in [3.05, 3.63) is 12.5 Å². The number of imidazole rings is 1. The Hall–Kier alpha value is -1.06. The third kappa shape index (κ3) is 2.93. The van der Waals surface area contributed by atoms with Gasteiger partial charge in [0, 0.05) is 18.1 Å². The van der Waals surface area contributed by atoms with E-state index in [1.165, 1.54) is 16.8 Å². The first-order valence-electron chi connectivity index (χ1n) is 5.82. The van der Waals surface area contributed by atoms with Gasteiger partial charge in [0.2, 0.25) is 0 Å². The van der Waals surface area contributed by atoms with Crippen molar-refractivity contribution in [2.75, 3.05) is 24.7 Å². The molecule has 0 aromatic carbocycles. The minimum absolute atomic E-state index is 0.00583. The summed E-state index contributed by atoms with van der Waals surface area (Å²) in [5, 5.41) is -0.00583. The Balaban J connectivity index is 2.27. The predicted octanol–water partition coefficient (Wildman–Crippen LogP) is 0.0789. The summed E-state index contributed by atoms with van der Waals surface area (Å²) in [5.74, 6) is 0.563. The fourth-order valence-corrected chi connectivity index (χ4v) is 4.53. The van der Waals surface area contributed by atoms with Gasteiger partial charge in [-0.2, -0.15) is 16.1 Å². The summed E-state index contributed by atoms with van der Waals surface area (Å²) >= 11 is 1.54. The van der Waals surface area contributed by atoms with E-state index in [1.807, 2.05) is 0 Å². The lowest BCUT2D eigenvalue weighted by atomic mass is 10.3. The van der Waals surface area contributed by atoms with Gasteiger partial charge in [-0.3, -0.25) is 4.79 Å². The maximum atomic E-state index is 12.4. The molecular formula is C10H15N3O4S2. The fraction of sp³-hybridized carbons (Fsp3) is 0.600. The lowest BCUT2D eigenvalue weighted by Crippen LogP contribution is -2.50. The number of ether oxygens (including phenoxy) is 1. The second kappa shape index (κ2) is 5.93. The van der Waals surface area contributed by atoms with Gasteiger partial charge in [-0.05, 0) is 6.92 Å². The van der Waals surface area contributed by atoms with Crippen molar-refractivity contribution in [3.8, 4) is 0 Å². The van der Waals surface area contributed by atoms with Crippen molar-refractivity contribution in [2.45, 2.75) is 18.0 Å². The molecule has 0 radical (unpaired) electrons. The number of aromatic nitrogens is 2. The van der Waals surface area contributed by atoms with E-state index in [9.17, 15) is 13.2 Å². The van der Waals surface area contributed by atoms with Crippen molar-refractivity contribution in [1.29, 1.82) is 0 Å². The monoisotopic (exact) mass is 305 g/mol. The number of sulfonamides is 1. The highest BCUT2D eigenvalue weighted by atomic mass is 32.2. The van der Waals surface area contributed by atoms with Crippen LogP contribution in [0.15, 0.2) is 17.6 Å². The summed E-state index contributed by atoms with van der Waals surface area (Å²) < 4.78 is 30.9. The molecule has 2 heterocycles. The highest BCUT2D eigenvalue weighted by Crippen LogP contribution is 2.24.